The molecular formula is C11H12N4O3. The molecule has 0 radical (unpaired) electrons. The summed E-state index contributed by atoms with van der Waals surface area (Å²) in [6.07, 6.45) is 1.91. The summed E-state index contributed by atoms with van der Waals surface area (Å²) in [5.41, 5.74) is 1.63. The van der Waals surface area contributed by atoms with Gasteiger partial charge in [-0.3, -0.25) is 10.1 Å². The topological polar surface area (TPSA) is 94.1 Å². The number of anilines is 1. The molecule has 0 atom stereocenters. The zero-order valence-electron chi connectivity index (χ0n) is 9.79. The highest BCUT2D eigenvalue weighted by Crippen LogP contribution is 2.20. The van der Waals surface area contributed by atoms with Crippen molar-refractivity contribution in [1.82, 2.24) is 10.1 Å². The molecule has 0 saturated heterocycles. The normalized spacial score (nSPS) is 10.3. The molecule has 18 heavy (non-hydrogen) atoms. The van der Waals surface area contributed by atoms with E-state index in [9.17, 15) is 10.1 Å². The number of nitro groups is 1. The van der Waals surface area contributed by atoms with Crippen molar-refractivity contribution in [2.24, 2.45) is 0 Å². The van der Waals surface area contributed by atoms with E-state index in [-0.39, 0.29) is 5.69 Å². The van der Waals surface area contributed by atoms with Gasteiger partial charge in [-0.15, -0.1) is 0 Å². The molecular weight excluding hydrogens is 236 g/mol. The second-order valence-corrected chi connectivity index (χ2v) is 3.83. The number of rotatable bonds is 5. The van der Waals surface area contributed by atoms with Crippen LogP contribution in [0.3, 0.4) is 0 Å². The molecule has 0 aliphatic heterocycles. The Balaban J connectivity index is 1.98. The predicted octanol–water partition coefficient (Wildman–Crippen LogP) is 1.94. The van der Waals surface area contributed by atoms with Crippen LogP contribution in [0.5, 0.6) is 0 Å². The summed E-state index contributed by atoms with van der Waals surface area (Å²) in [7, 11) is 0. The van der Waals surface area contributed by atoms with Gasteiger partial charge in [-0.25, -0.2) is 0 Å². The molecule has 0 unspecified atom stereocenters. The average molecular weight is 248 g/mol. The second-order valence-electron chi connectivity index (χ2n) is 3.83. The molecule has 0 bridgehead atoms. The highest BCUT2D eigenvalue weighted by Gasteiger charge is 2.08. The summed E-state index contributed by atoms with van der Waals surface area (Å²) >= 11 is 0. The molecule has 0 fully saturated rings. The van der Waals surface area contributed by atoms with E-state index >= 15 is 0 Å². The number of aryl methyl sites for hydroxylation is 1. The molecule has 0 spiro atoms. The third kappa shape index (κ3) is 3.03. The maximum atomic E-state index is 10.7. The van der Waals surface area contributed by atoms with Crippen molar-refractivity contribution >= 4 is 11.4 Å². The largest absolute Gasteiger partial charge is 0.384 e. The molecule has 0 aliphatic rings. The van der Waals surface area contributed by atoms with Crippen molar-refractivity contribution in [2.75, 3.05) is 11.9 Å². The van der Waals surface area contributed by atoms with Crippen LogP contribution >= 0.6 is 0 Å². The first-order chi connectivity index (χ1) is 8.65. The minimum absolute atomic E-state index is 0.0790. The van der Waals surface area contributed by atoms with Gasteiger partial charge in [0.1, 0.15) is 0 Å². The smallest absolute Gasteiger partial charge is 0.271 e. The molecule has 1 N–H and O–H groups in total. The number of non-ortho nitro benzene ring substituents is 1. The summed E-state index contributed by atoms with van der Waals surface area (Å²) in [6.45, 7) is 2.39. The molecule has 2 rings (SSSR count). The van der Waals surface area contributed by atoms with E-state index in [4.69, 9.17) is 4.52 Å². The van der Waals surface area contributed by atoms with Gasteiger partial charge in [0, 0.05) is 30.8 Å². The van der Waals surface area contributed by atoms with E-state index in [1.807, 2.05) is 13.0 Å². The van der Waals surface area contributed by atoms with Gasteiger partial charge in [-0.05, 0) is 18.6 Å². The lowest BCUT2D eigenvalue weighted by Gasteiger charge is -2.05. The van der Waals surface area contributed by atoms with Gasteiger partial charge < -0.3 is 9.84 Å². The lowest BCUT2D eigenvalue weighted by molar-refractivity contribution is -0.384. The maximum absolute atomic E-state index is 10.7. The quantitative estimate of drug-likeness (QED) is 0.641. The molecule has 1 aromatic heterocycles. The zero-order valence-corrected chi connectivity index (χ0v) is 9.79. The molecule has 1 heterocycles. The monoisotopic (exact) mass is 248 g/mol. The van der Waals surface area contributed by atoms with Crippen LogP contribution in [0.15, 0.2) is 29.0 Å². The van der Waals surface area contributed by atoms with Crippen molar-refractivity contribution in [3.8, 4) is 0 Å². The van der Waals surface area contributed by atoms with Gasteiger partial charge in [0.25, 0.3) is 5.69 Å². The van der Waals surface area contributed by atoms with Crippen LogP contribution in [0, 0.1) is 17.0 Å². The molecule has 0 aliphatic carbocycles. The lowest BCUT2D eigenvalue weighted by Crippen LogP contribution is -2.05. The van der Waals surface area contributed by atoms with Crippen LogP contribution in [-0.2, 0) is 6.42 Å². The number of nitrogens with zero attached hydrogens (tertiary/aromatic N) is 3. The van der Waals surface area contributed by atoms with Crippen molar-refractivity contribution in [3.05, 3.63) is 46.1 Å². The number of nitro benzene ring substituents is 1. The molecule has 1 aromatic carbocycles. The Kier molecular flexibility index (Phi) is 3.52. The van der Waals surface area contributed by atoms with Crippen molar-refractivity contribution in [3.63, 3.8) is 0 Å². The van der Waals surface area contributed by atoms with Crippen LogP contribution < -0.4 is 5.32 Å². The number of hydrogen-bond donors (Lipinski definition) is 1. The minimum atomic E-state index is -0.407. The average Bonchev–Trinajstić information content (AvgIpc) is 2.81. The third-order valence-corrected chi connectivity index (χ3v) is 2.35. The molecule has 0 saturated carbocycles. The number of hydrogen-bond acceptors (Lipinski definition) is 6. The van der Waals surface area contributed by atoms with Crippen molar-refractivity contribution in [2.45, 2.75) is 13.3 Å². The molecule has 94 valence electrons. The molecule has 2 aromatic rings. The van der Waals surface area contributed by atoms with Crippen LogP contribution in [0.1, 0.15) is 11.5 Å². The van der Waals surface area contributed by atoms with Gasteiger partial charge in [-0.1, -0.05) is 5.16 Å². The minimum Gasteiger partial charge on any atom is -0.384 e. The van der Waals surface area contributed by atoms with Crippen LogP contribution in [0.4, 0.5) is 11.4 Å². The van der Waals surface area contributed by atoms with Crippen LogP contribution in [-0.4, -0.2) is 21.6 Å². The van der Waals surface area contributed by atoms with Crippen molar-refractivity contribution in [1.29, 1.82) is 0 Å². The zero-order chi connectivity index (χ0) is 13.0. The first-order valence-electron chi connectivity index (χ1n) is 5.40. The lowest BCUT2D eigenvalue weighted by atomic mass is 10.2. The summed E-state index contributed by atoms with van der Waals surface area (Å²) in [5, 5.41) is 17.3. The van der Waals surface area contributed by atoms with E-state index < -0.39 is 4.92 Å². The highest BCUT2D eigenvalue weighted by molar-refractivity contribution is 5.53. The van der Waals surface area contributed by atoms with E-state index in [0.717, 1.165) is 5.56 Å². The Bertz CT molecular complexity index is 539. The predicted molar refractivity (Wildman–Crippen MR) is 64.3 cm³/mol. The van der Waals surface area contributed by atoms with Gasteiger partial charge in [0.05, 0.1) is 4.92 Å². The second kappa shape index (κ2) is 5.26. The highest BCUT2D eigenvalue weighted by atomic mass is 16.6. The van der Waals surface area contributed by atoms with Gasteiger partial charge in [0.15, 0.2) is 6.33 Å². The van der Waals surface area contributed by atoms with Gasteiger partial charge in [-0.2, -0.15) is 4.98 Å². The first-order valence-corrected chi connectivity index (χ1v) is 5.40. The fourth-order valence-corrected chi connectivity index (χ4v) is 1.59. The first kappa shape index (κ1) is 12.0. The fraction of sp³-hybridized carbons (Fsp3) is 0.273. The Labute approximate surface area is 103 Å². The summed E-state index contributed by atoms with van der Waals surface area (Å²) in [6, 6.07) is 4.88. The summed E-state index contributed by atoms with van der Waals surface area (Å²) in [4.78, 5) is 14.2. The Morgan fingerprint density at radius 3 is 2.94 bits per heavy atom. The van der Waals surface area contributed by atoms with Crippen molar-refractivity contribution < 1.29 is 9.45 Å². The van der Waals surface area contributed by atoms with E-state index in [1.54, 1.807) is 0 Å². The number of nitrogens with one attached hydrogen (secondary N) is 1. The molecule has 0 amide bonds. The maximum Gasteiger partial charge on any atom is 0.271 e. The SMILES string of the molecule is Cc1cc(NCCc2ncno2)cc([N+](=O)[O-])c1. The fourth-order valence-electron chi connectivity index (χ4n) is 1.59. The third-order valence-electron chi connectivity index (χ3n) is 2.35. The van der Waals surface area contributed by atoms with E-state index in [2.05, 4.69) is 15.5 Å². The van der Waals surface area contributed by atoms with Crippen LogP contribution in [0.25, 0.3) is 0 Å². The van der Waals surface area contributed by atoms with Crippen LogP contribution in [0.2, 0.25) is 0 Å². The number of aromatic nitrogens is 2. The summed E-state index contributed by atoms with van der Waals surface area (Å²) in [5.74, 6) is 0.532. The Morgan fingerprint density at radius 1 is 1.44 bits per heavy atom. The van der Waals surface area contributed by atoms with E-state index in [0.29, 0.717) is 24.5 Å². The Hall–Kier alpha value is -2.44. The molecule has 7 nitrogen and oxygen atoms in total. The standard InChI is InChI=1S/C11H12N4O3/c1-8-4-9(6-10(5-8)15(16)17)12-3-2-11-13-7-14-18-11/h4-7,12H,2-3H2,1H3. The Morgan fingerprint density at radius 2 is 2.28 bits per heavy atom. The summed E-state index contributed by atoms with van der Waals surface area (Å²) < 4.78 is 4.85. The number of benzene rings is 1. The van der Waals surface area contributed by atoms with Gasteiger partial charge in [0.2, 0.25) is 5.89 Å². The van der Waals surface area contributed by atoms with E-state index in [1.165, 1.54) is 18.5 Å². The van der Waals surface area contributed by atoms with Gasteiger partial charge >= 0.3 is 0 Å². The molecule has 7 heteroatoms.